The summed E-state index contributed by atoms with van der Waals surface area (Å²) in [4.78, 5) is 22.6. The van der Waals surface area contributed by atoms with Gasteiger partial charge in [0.15, 0.2) is 16.6 Å². The van der Waals surface area contributed by atoms with Gasteiger partial charge in [-0.3, -0.25) is 4.79 Å². The lowest BCUT2D eigenvalue weighted by Crippen LogP contribution is -2.24. The summed E-state index contributed by atoms with van der Waals surface area (Å²) in [5.41, 5.74) is 9.36. The Morgan fingerprint density at radius 1 is 1.02 bits per heavy atom. The first-order chi connectivity index (χ1) is 20.8. The van der Waals surface area contributed by atoms with Crippen LogP contribution < -0.4 is 30.6 Å². The summed E-state index contributed by atoms with van der Waals surface area (Å²) in [6, 6.07) is 9.30. The minimum atomic E-state index is 0.0588. The number of nitrogen functional groups attached to an aromatic ring is 1. The molecule has 1 amide bonds. The third kappa shape index (κ3) is 5.96. The molecule has 2 aromatic heterocycles. The van der Waals surface area contributed by atoms with Gasteiger partial charge in [0.25, 0.3) is 5.89 Å². The predicted octanol–water partition coefficient (Wildman–Crippen LogP) is 6.68. The van der Waals surface area contributed by atoms with Crippen LogP contribution in [0.4, 0.5) is 22.3 Å². The number of carbonyl (C=O) groups excluding carboxylic acids is 1. The topological polar surface area (TPSA) is 147 Å². The number of hydrogen-bond donors (Lipinski definition) is 3. The Hall–Kier alpha value is -4.32. The number of ether oxygens (including phenoxy) is 3. The van der Waals surface area contributed by atoms with Crippen LogP contribution in [-0.4, -0.2) is 42.4 Å². The van der Waals surface area contributed by atoms with Gasteiger partial charge in [0.2, 0.25) is 17.5 Å². The number of nitrogens with two attached hydrogens (primary N) is 1. The van der Waals surface area contributed by atoms with E-state index in [0.717, 1.165) is 23.5 Å². The van der Waals surface area contributed by atoms with Crippen molar-refractivity contribution < 1.29 is 23.5 Å². The van der Waals surface area contributed by atoms with E-state index in [0.29, 0.717) is 62.7 Å². The number of nitrogens with one attached hydrogen (secondary N) is 2. The zero-order valence-electron chi connectivity index (χ0n) is 24.7. The first kappa shape index (κ1) is 28.8. The molecule has 2 aromatic carbocycles. The van der Waals surface area contributed by atoms with Crippen molar-refractivity contribution in [3.63, 3.8) is 0 Å². The standard InChI is InChI=1S/C31H36N6O5S/c1-16-5-10-20(33-25(38)12-19-9-7-17-6-8-18(19)11-17)13-22(16)29-36-30(42-37-29)27-28(32)35-31(43-27)34-21-14-23(39-2)26(41-4)24(15-21)40-3/h5,10,13-15,17-19H,6-9,11-12,32H2,1-4H3,(H,33,38)(H,34,35). The fraction of sp³-hybridized carbons (Fsp3) is 0.419. The molecule has 11 nitrogen and oxygen atoms in total. The number of anilines is 4. The van der Waals surface area contributed by atoms with E-state index < -0.39 is 0 Å². The van der Waals surface area contributed by atoms with Gasteiger partial charge in [-0.05, 0) is 61.6 Å². The van der Waals surface area contributed by atoms with Gasteiger partial charge in [0, 0.05) is 35.5 Å². The van der Waals surface area contributed by atoms with Gasteiger partial charge in [0.1, 0.15) is 10.7 Å². The zero-order chi connectivity index (χ0) is 30.1. The van der Waals surface area contributed by atoms with E-state index in [-0.39, 0.29) is 17.6 Å². The monoisotopic (exact) mass is 604 g/mol. The van der Waals surface area contributed by atoms with Crippen LogP contribution in [0.25, 0.3) is 22.2 Å². The molecular formula is C31H36N6O5S. The maximum atomic E-state index is 12.9. The van der Waals surface area contributed by atoms with Crippen molar-refractivity contribution in [1.82, 2.24) is 15.1 Å². The number of aryl methyl sites for hydroxylation is 1. The van der Waals surface area contributed by atoms with E-state index >= 15 is 0 Å². The van der Waals surface area contributed by atoms with Gasteiger partial charge in [-0.2, -0.15) is 4.98 Å². The Kier molecular flexibility index (Phi) is 8.11. The van der Waals surface area contributed by atoms with Crippen molar-refractivity contribution in [2.45, 2.75) is 45.4 Å². The molecular weight excluding hydrogens is 568 g/mol. The average molecular weight is 605 g/mol. The predicted molar refractivity (Wildman–Crippen MR) is 166 cm³/mol. The summed E-state index contributed by atoms with van der Waals surface area (Å²) in [5, 5.41) is 11.1. The number of benzene rings is 2. The van der Waals surface area contributed by atoms with Gasteiger partial charge >= 0.3 is 0 Å². The first-order valence-electron chi connectivity index (χ1n) is 14.4. The Morgan fingerprint density at radius 3 is 2.53 bits per heavy atom. The number of fused-ring (bicyclic) bond motifs is 2. The maximum Gasteiger partial charge on any atom is 0.272 e. The molecule has 3 unspecified atom stereocenters. The van der Waals surface area contributed by atoms with Crippen LogP contribution in [0.3, 0.4) is 0 Å². The lowest BCUT2D eigenvalue weighted by molar-refractivity contribution is -0.117. The molecule has 0 saturated heterocycles. The number of rotatable bonds is 10. The van der Waals surface area contributed by atoms with Crippen molar-refractivity contribution in [3.05, 3.63) is 35.9 Å². The fourth-order valence-electron chi connectivity index (χ4n) is 6.39. The third-order valence-corrected chi connectivity index (χ3v) is 9.57. The van der Waals surface area contributed by atoms with E-state index in [1.165, 1.54) is 37.0 Å². The summed E-state index contributed by atoms with van der Waals surface area (Å²) >= 11 is 1.28. The normalized spacial score (nSPS) is 19.2. The summed E-state index contributed by atoms with van der Waals surface area (Å²) in [5.74, 6) is 4.54. The van der Waals surface area contributed by atoms with E-state index in [2.05, 4.69) is 25.8 Å². The lowest BCUT2D eigenvalue weighted by Gasteiger charge is -2.28. The Morgan fingerprint density at radius 2 is 1.79 bits per heavy atom. The average Bonchev–Trinajstić information content (AvgIpc) is 3.73. The molecule has 4 N–H and O–H groups in total. The molecule has 43 heavy (non-hydrogen) atoms. The second-order valence-electron chi connectivity index (χ2n) is 11.3. The number of amides is 1. The summed E-state index contributed by atoms with van der Waals surface area (Å²) in [7, 11) is 4.66. The molecule has 0 spiro atoms. The molecule has 0 radical (unpaired) electrons. The largest absolute Gasteiger partial charge is 0.493 e. The van der Waals surface area contributed by atoms with E-state index in [4.69, 9.17) is 24.5 Å². The van der Waals surface area contributed by atoms with E-state index in [9.17, 15) is 4.79 Å². The van der Waals surface area contributed by atoms with Crippen LogP contribution in [0.2, 0.25) is 0 Å². The molecule has 6 rings (SSSR count). The van der Waals surface area contributed by atoms with Crippen LogP contribution in [0, 0.1) is 24.7 Å². The van der Waals surface area contributed by atoms with Gasteiger partial charge in [-0.15, -0.1) is 0 Å². The summed E-state index contributed by atoms with van der Waals surface area (Å²) in [6.45, 7) is 1.97. The quantitative estimate of drug-likeness (QED) is 0.179. The van der Waals surface area contributed by atoms with Crippen LogP contribution in [0.5, 0.6) is 17.2 Å². The Bertz CT molecular complexity index is 1610. The molecule has 12 heteroatoms. The maximum absolute atomic E-state index is 12.9. The second-order valence-corrected chi connectivity index (χ2v) is 12.3. The number of nitrogens with zero attached hydrogens (tertiary/aromatic N) is 3. The van der Waals surface area contributed by atoms with Gasteiger partial charge in [-0.1, -0.05) is 35.4 Å². The number of aromatic nitrogens is 3. The third-order valence-electron chi connectivity index (χ3n) is 8.59. The molecule has 2 fully saturated rings. The van der Waals surface area contributed by atoms with Crippen LogP contribution in [-0.2, 0) is 4.79 Å². The Labute approximate surface area is 254 Å². The van der Waals surface area contributed by atoms with E-state index in [1.807, 2.05) is 25.1 Å². The fourth-order valence-corrected chi connectivity index (χ4v) is 7.22. The van der Waals surface area contributed by atoms with Crippen molar-refractivity contribution in [1.29, 1.82) is 0 Å². The molecule has 4 aromatic rings. The number of thiazole rings is 1. The molecule has 2 bridgehead atoms. The molecule has 2 aliphatic rings. The highest BCUT2D eigenvalue weighted by Crippen LogP contribution is 2.47. The molecule has 226 valence electrons. The zero-order valence-corrected chi connectivity index (χ0v) is 25.5. The van der Waals surface area contributed by atoms with E-state index in [1.54, 1.807) is 33.5 Å². The molecule has 0 aliphatic heterocycles. The summed E-state index contributed by atoms with van der Waals surface area (Å²) in [6.07, 6.45) is 6.88. The highest BCUT2D eigenvalue weighted by Gasteiger charge is 2.36. The van der Waals surface area contributed by atoms with Crippen molar-refractivity contribution in [3.8, 4) is 39.4 Å². The number of methoxy groups -OCH3 is 3. The second kappa shape index (κ2) is 12.1. The van der Waals surface area contributed by atoms with Crippen LogP contribution in [0.1, 0.15) is 44.1 Å². The van der Waals surface area contributed by atoms with Crippen LogP contribution >= 0.6 is 11.3 Å². The van der Waals surface area contributed by atoms with Gasteiger partial charge in [-0.25, -0.2) is 4.98 Å². The minimum absolute atomic E-state index is 0.0588. The first-order valence-corrected chi connectivity index (χ1v) is 15.2. The Balaban J connectivity index is 1.17. The van der Waals surface area contributed by atoms with Crippen molar-refractivity contribution >= 4 is 39.6 Å². The number of carbonyl (C=O) groups is 1. The van der Waals surface area contributed by atoms with Crippen molar-refractivity contribution in [2.24, 2.45) is 17.8 Å². The smallest absolute Gasteiger partial charge is 0.272 e. The highest BCUT2D eigenvalue weighted by atomic mass is 32.1. The molecule has 2 heterocycles. The van der Waals surface area contributed by atoms with Crippen molar-refractivity contribution in [2.75, 3.05) is 37.7 Å². The summed E-state index contributed by atoms with van der Waals surface area (Å²) < 4.78 is 21.9. The lowest BCUT2D eigenvalue weighted by atomic mass is 9.78. The molecule has 2 saturated carbocycles. The van der Waals surface area contributed by atoms with Crippen LogP contribution in [0.15, 0.2) is 34.9 Å². The SMILES string of the molecule is COc1cc(Nc2nc(N)c(-c3nc(-c4cc(NC(=O)CC5CCC6CCC5C6)ccc4C)no3)s2)cc(OC)c1OC. The molecule has 2 aliphatic carbocycles. The van der Waals surface area contributed by atoms with Gasteiger partial charge in [0.05, 0.1) is 21.3 Å². The minimum Gasteiger partial charge on any atom is -0.493 e. The molecule has 3 atom stereocenters. The van der Waals surface area contributed by atoms with Gasteiger partial charge < -0.3 is 35.1 Å². The number of hydrogen-bond acceptors (Lipinski definition) is 11. The highest BCUT2D eigenvalue weighted by molar-refractivity contribution is 7.19.